The van der Waals surface area contributed by atoms with E-state index in [-0.39, 0.29) is 11.5 Å². The summed E-state index contributed by atoms with van der Waals surface area (Å²) >= 11 is 0. The van der Waals surface area contributed by atoms with Crippen molar-refractivity contribution < 1.29 is 9.47 Å². The lowest BCUT2D eigenvalue weighted by Gasteiger charge is -2.28. The molecule has 0 saturated heterocycles. The molecule has 3 nitrogen and oxygen atoms in total. The van der Waals surface area contributed by atoms with Crippen molar-refractivity contribution in [2.75, 3.05) is 13.2 Å². The minimum atomic E-state index is 0.00308. The Morgan fingerprint density at radius 2 is 1.75 bits per heavy atom. The van der Waals surface area contributed by atoms with Gasteiger partial charge in [0.05, 0.1) is 0 Å². The molecule has 1 aliphatic rings. The van der Waals surface area contributed by atoms with Gasteiger partial charge in [0.2, 0.25) is 0 Å². The van der Waals surface area contributed by atoms with E-state index in [0.29, 0.717) is 13.2 Å². The smallest absolute Gasteiger partial charge is 0.161 e. The lowest BCUT2D eigenvalue weighted by molar-refractivity contribution is 0.171. The first-order valence-electron chi connectivity index (χ1n) is 5.63. The molecule has 0 radical (unpaired) electrons. The van der Waals surface area contributed by atoms with Gasteiger partial charge in [-0.1, -0.05) is 26.8 Å². The van der Waals surface area contributed by atoms with E-state index in [9.17, 15) is 0 Å². The number of ether oxygens (including phenoxy) is 2. The third-order valence-corrected chi connectivity index (χ3v) is 2.86. The van der Waals surface area contributed by atoms with Crippen molar-refractivity contribution in [3.8, 4) is 11.5 Å². The molecule has 1 heterocycles. The molecule has 16 heavy (non-hydrogen) atoms. The normalized spacial score (nSPS) is 17.0. The number of hydrogen-bond donors (Lipinski definition) is 1. The molecule has 0 fully saturated rings. The van der Waals surface area contributed by atoms with Crippen LogP contribution in [0.2, 0.25) is 0 Å². The maximum Gasteiger partial charge on any atom is 0.161 e. The SMILES string of the molecule is CC(C)(C)[C@H](N)c1ccc2c(c1)OCCO2. The summed E-state index contributed by atoms with van der Waals surface area (Å²) in [5.41, 5.74) is 7.35. The van der Waals surface area contributed by atoms with E-state index in [2.05, 4.69) is 20.8 Å². The average molecular weight is 221 g/mol. The molecular weight excluding hydrogens is 202 g/mol. The number of nitrogens with two attached hydrogens (primary N) is 1. The average Bonchev–Trinajstić information content (AvgIpc) is 2.26. The Morgan fingerprint density at radius 3 is 2.38 bits per heavy atom. The quantitative estimate of drug-likeness (QED) is 0.792. The van der Waals surface area contributed by atoms with Gasteiger partial charge in [0.1, 0.15) is 13.2 Å². The van der Waals surface area contributed by atoms with Crippen LogP contribution in [0.1, 0.15) is 32.4 Å². The Kier molecular flexibility index (Phi) is 2.80. The van der Waals surface area contributed by atoms with Crippen LogP contribution in [0, 0.1) is 5.41 Å². The second-order valence-electron chi connectivity index (χ2n) is 5.25. The molecule has 0 saturated carbocycles. The van der Waals surface area contributed by atoms with Gasteiger partial charge in [0, 0.05) is 6.04 Å². The molecule has 1 aromatic carbocycles. The predicted octanol–water partition coefficient (Wildman–Crippen LogP) is 2.50. The molecule has 0 unspecified atom stereocenters. The highest BCUT2D eigenvalue weighted by molar-refractivity contribution is 5.44. The Labute approximate surface area is 96.5 Å². The van der Waals surface area contributed by atoms with E-state index in [4.69, 9.17) is 15.2 Å². The van der Waals surface area contributed by atoms with Crippen LogP contribution in [0.3, 0.4) is 0 Å². The molecule has 1 aliphatic heterocycles. The molecule has 0 amide bonds. The van der Waals surface area contributed by atoms with Gasteiger partial charge >= 0.3 is 0 Å². The predicted molar refractivity (Wildman–Crippen MR) is 63.8 cm³/mol. The minimum Gasteiger partial charge on any atom is -0.486 e. The highest BCUT2D eigenvalue weighted by Crippen LogP contribution is 2.36. The van der Waals surface area contributed by atoms with E-state index in [0.717, 1.165) is 17.1 Å². The van der Waals surface area contributed by atoms with Gasteiger partial charge in [0.25, 0.3) is 0 Å². The summed E-state index contributed by atoms with van der Waals surface area (Å²) in [6.07, 6.45) is 0. The number of hydrogen-bond acceptors (Lipinski definition) is 3. The molecular formula is C13H19NO2. The summed E-state index contributed by atoms with van der Waals surface area (Å²) in [6, 6.07) is 5.95. The summed E-state index contributed by atoms with van der Waals surface area (Å²) in [7, 11) is 0. The van der Waals surface area contributed by atoms with Crippen LogP contribution in [0.5, 0.6) is 11.5 Å². The largest absolute Gasteiger partial charge is 0.486 e. The number of fused-ring (bicyclic) bond motifs is 1. The zero-order valence-electron chi connectivity index (χ0n) is 10.1. The van der Waals surface area contributed by atoms with Crippen LogP contribution in [-0.2, 0) is 0 Å². The first-order valence-corrected chi connectivity index (χ1v) is 5.63. The van der Waals surface area contributed by atoms with Crippen molar-refractivity contribution in [3.05, 3.63) is 23.8 Å². The Hall–Kier alpha value is -1.22. The summed E-state index contributed by atoms with van der Waals surface area (Å²) in [5, 5.41) is 0. The number of benzene rings is 1. The fourth-order valence-corrected chi connectivity index (χ4v) is 1.75. The summed E-state index contributed by atoms with van der Waals surface area (Å²) in [4.78, 5) is 0. The molecule has 0 aromatic heterocycles. The number of rotatable bonds is 1. The highest BCUT2D eigenvalue weighted by Gasteiger charge is 2.24. The zero-order valence-corrected chi connectivity index (χ0v) is 10.1. The fourth-order valence-electron chi connectivity index (χ4n) is 1.75. The van der Waals surface area contributed by atoms with E-state index < -0.39 is 0 Å². The third-order valence-electron chi connectivity index (χ3n) is 2.86. The highest BCUT2D eigenvalue weighted by atomic mass is 16.6. The molecule has 0 aliphatic carbocycles. The van der Waals surface area contributed by atoms with Gasteiger partial charge < -0.3 is 15.2 Å². The van der Waals surface area contributed by atoms with Crippen LogP contribution >= 0.6 is 0 Å². The minimum absolute atomic E-state index is 0.00308. The van der Waals surface area contributed by atoms with Crippen LogP contribution < -0.4 is 15.2 Å². The standard InChI is InChI=1S/C13H19NO2/c1-13(2,3)12(14)9-4-5-10-11(8-9)16-7-6-15-10/h4-5,8,12H,6-7,14H2,1-3H3/t12-/m1/s1. The maximum absolute atomic E-state index is 6.21. The van der Waals surface area contributed by atoms with E-state index in [1.807, 2.05) is 18.2 Å². The zero-order chi connectivity index (χ0) is 11.8. The van der Waals surface area contributed by atoms with Crippen molar-refractivity contribution in [1.82, 2.24) is 0 Å². The maximum atomic E-state index is 6.21. The van der Waals surface area contributed by atoms with Gasteiger partial charge in [0.15, 0.2) is 11.5 Å². The van der Waals surface area contributed by atoms with Gasteiger partial charge in [-0.2, -0.15) is 0 Å². The van der Waals surface area contributed by atoms with Crippen molar-refractivity contribution in [2.24, 2.45) is 11.1 Å². The van der Waals surface area contributed by atoms with Gasteiger partial charge in [-0.05, 0) is 23.1 Å². The Bertz CT molecular complexity index is 382. The molecule has 88 valence electrons. The third kappa shape index (κ3) is 2.14. The van der Waals surface area contributed by atoms with Crippen molar-refractivity contribution in [3.63, 3.8) is 0 Å². The molecule has 2 N–H and O–H groups in total. The Morgan fingerprint density at radius 1 is 1.12 bits per heavy atom. The van der Waals surface area contributed by atoms with Crippen molar-refractivity contribution in [1.29, 1.82) is 0 Å². The van der Waals surface area contributed by atoms with Crippen LogP contribution in [0.4, 0.5) is 0 Å². The fraction of sp³-hybridized carbons (Fsp3) is 0.538. The van der Waals surface area contributed by atoms with Crippen molar-refractivity contribution >= 4 is 0 Å². The van der Waals surface area contributed by atoms with Crippen molar-refractivity contribution in [2.45, 2.75) is 26.8 Å². The molecule has 1 aromatic rings. The monoisotopic (exact) mass is 221 g/mol. The molecule has 0 spiro atoms. The van der Waals surface area contributed by atoms with Gasteiger partial charge in [-0.3, -0.25) is 0 Å². The molecule has 1 atom stereocenters. The van der Waals surface area contributed by atoms with Crippen LogP contribution in [0.25, 0.3) is 0 Å². The summed E-state index contributed by atoms with van der Waals surface area (Å²) in [6.45, 7) is 7.64. The second kappa shape index (κ2) is 3.98. The second-order valence-corrected chi connectivity index (χ2v) is 5.25. The summed E-state index contributed by atoms with van der Waals surface area (Å²) < 4.78 is 11.0. The van der Waals surface area contributed by atoms with E-state index in [1.165, 1.54) is 0 Å². The lowest BCUT2D eigenvalue weighted by Crippen LogP contribution is -2.26. The first kappa shape index (κ1) is 11.3. The molecule has 2 rings (SSSR count). The summed E-state index contributed by atoms with van der Waals surface area (Å²) in [5.74, 6) is 1.62. The van der Waals surface area contributed by atoms with E-state index >= 15 is 0 Å². The first-order chi connectivity index (χ1) is 7.48. The molecule has 0 bridgehead atoms. The lowest BCUT2D eigenvalue weighted by atomic mass is 9.83. The van der Waals surface area contributed by atoms with Crippen LogP contribution in [0.15, 0.2) is 18.2 Å². The van der Waals surface area contributed by atoms with E-state index in [1.54, 1.807) is 0 Å². The Balaban J connectivity index is 2.30. The molecule has 3 heteroatoms. The topological polar surface area (TPSA) is 44.5 Å². The van der Waals surface area contributed by atoms with Gasteiger partial charge in [-0.15, -0.1) is 0 Å². The van der Waals surface area contributed by atoms with Gasteiger partial charge in [-0.25, -0.2) is 0 Å². The van der Waals surface area contributed by atoms with Crippen LogP contribution in [-0.4, -0.2) is 13.2 Å².